The number of halogens is 1. The van der Waals surface area contributed by atoms with Gasteiger partial charge in [0.15, 0.2) is 5.89 Å². The molecule has 180 valence electrons. The minimum atomic E-state index is -0.658. The number of nitrogens with one attached hydrogen (secondary N) is 2. The Morgan fingerprint density at radius 2 is 1.82 bits per heavy atom. The molecular weight excluding hydrogens is 454 g/mol. The summed E-state index contributed by atoms with van der Waals surface area (Å²) in [5, 5.41) is 15.9. The third-order valence-electron chi connectivity index (χ3n) is 4.76. The fourth-order valence-corrected chi connectivity index (χ4v) is 3.06. The summed E-state index contributed by atoms with van der Waals surface area (Å²) in [6.45, 7) is 7.47. The van der Waals surface area contributed by atoms with E-state index < -0.39 is 6.04 Å². The standard InChI is InChI=1S/C18H22ClN5O3.C7H8/c1-9(20)16(21)27-17(22)13-7-12(5-6-14(13)19)18(25)24(4)8-15-10(2)26-11(3)23-15;1-7-5-3-2-4-6-7/h5-7,9,21-22H,8,20H2,1-4H3;2-6H,1H3. The van der Waals surface area contributed by atoms with E-state index in [0.29, 0.717) is 22.9 Å². The number of carbonyl (C=O) groups is 1. The van der Waals surface area contributed by atoms with Crippen LogP contribution in [0.15, 0.2) is 52.9 Å². The molecule has 2 aromatic carbocycles. The van der Waals surface area contributed by atoms with Crippen LogP contribution in [0.4, 0.5) is 0 Å². The van der Waals surface area contributed by atoms with Crippen molar-refractivity contribution in [1.29, 1.82) is 10.8 Å². The van der Waals surface area contributed by atoms with Gasteiger partial charge in [-0.3, -0.25) is 15.6 Å². The number of nitrogens with zero attached hydrogens (tertiary/aromatic N) is 2. The van der Waals surface area contributed by atoms with Crippen molar-refractivity contribution in [3.8, 4) is 0 Å². The van der Waals surface area contributed by atoms with E-state index in [1.165, 1.54) is 22.6 Å². The molecule has 9 heteroatoms. The van der Waals surface area contributed by atoms with E-state index >= 15 is 0 Å². The Morgan fingerprint density at radius 1 is 1.18 bits per heavy atom. The summed E-state index contributed by atoms with van der Waals surface area (Å²) in [6, 6.07) is 14.1. The Morgan fingerprint density at radius 3 is 2.32 bits per heavy atom. The summed E-state index contributed by atoms with van der Waals surface area (Å²) >= 11 is 6.12. The first-order valence-electron chi connectivity index (χ1n) is 10.6. The van der Waals surface area contributed by atoms with Gasteiger partial charge in [0.05, 0.1) is 23.2 Å². The van der Waals surface area contributed by atoms with Gasteiger partial charge in [0, 0.05) is 19.5 Å². The van der Waals surface area contributed by atoms with Crippen molar-refractivity contribution in [2.45, 2.75) is 40.3 Å². The number of aromatic nitrogens is 1. The van der Waals surface area contributed by atoms with Crippen LogP contribution in [-0.2, 0) is 11.3 Å². The number of carbonyl (C=O) groups excluding carboxylic acids is 1. The molecule has 0 saturated carbocycles. The molecule has 8 nitrogen and oxygen atoms in total. The van der Waals surface area contributed by atoms with E-state index in [2.05, 4.69) is 24.0 Å². The molecule has 0 fully saturated rings. The zero-order chi connectivity index (χ0) is 25.4. The van der Waals surface area contributed by atoms with Gasteiger partial charge < -0.3 is 19.8 Å². The Kier molecular flexibility index (Phi) is 9.53. The molecule has 1 amide bonds. The van der Waals surface area contributed by atoms with E-state index in [4.69, 9.17) is 37.3 Å². The smallest absolute Gasteiger partial charge is 0.253 e. The molecule has 1 aromatic heterocycles. The van der Waals surface area contributed by atoms with Crippen LogP contribution in [0.1, 0.15) is 45.8 Å². The molecule has 1 unspecified atom stereocenters. The third kappa shape index (κ3) is 7.54. The minimum Gasteiger partial charge on any atom is -0.446 e. The number of ether oxygens (including phenoxy) is 1. The van der Waals surface area contributed by atoms with E-state index in [9.17, 15) is 4.79 Å². The lowest BCUT2D eigenvalue weighted by atomic mass is 10.1. The summed E-state index contributed by atoms with van der Waals surface area (Å²) in [5.74, 6) is 0.320. The maximum absolute atomic E-state index is 12.7. The molecule has 34 heavy (non-hydrogen) atoms. The molecule has 3 aromatic rings. The van der Waals surface area contributed by atoms with Gasteiger partial charge in [0.2, 0.25) is 11.8 Å². The summed E-state index contributed by atoms with van der Waals surface area (Å²) < 4.78 is 10.5. The molecule has 0 spiro atoms. The van der Waals surface area contributed by atoms with Gasteiger partial charge in [-0.1, -0.05) is 47.5 Å². The second kappa shape index (κ2) is 12.1. The first kappa shape index (κ1) is 26.8. The topological polar surface area (TPSA) is 129 Å². The number of aryl methyl sites for hydroxylation is 3. The molecule has 0 aliphatic rings. The van der Waals surface area contributed by atoms with Crippen LogP contribution < -0.4 is 5.73 Å². The minimum absolute atomic E-state index is 0.203. The fourth-order valence-electron chi connectivity index (χ4n) is 2.86. The van der Waals surface area contributed by atoms with E-state index in [1.54, 1.807) is 33.9 Å². The predicted octanol–water partition coefficient (Wildman–Crippen LogP) is 4.88. The van der Waals surface area contributed by atoms with E-state index in [0.717, 1.165) is 0 Å². The molecule has 0 aliphatic heterocycles. The van der Waals surface area contributed by atoms with Crippen molar-refractivity contribution >= 4 is 29.3 Å². The maximum atomic E-state index is 12.7. The number of amides is 1. The lowest BCUT2D eigenvalue weighted by Gasteiger charge is -2.17. The summed E-state index contributed by atoms with van der Waals surface area (Å²) in [4.78, 5) is 18.5. The zero-order valence-electron chi connectivity index (χ0n) is 20.0. The van der Waals surface area contributed by atoms with Gasteiger partial charge in [-0.15, -0.1) is 0 Å². The molecule has 0 bridgehead atoms. The van der Waals surface area contributed by atoms with Crippen molar-refractivity contribution in [2.24, 2.45) is 5.73 Å². The zero-order valence-corrected chi connectivity index (χ0v) is 20.7. The molecule has 0 radical (unpaired) electrons. The fraction of sp³-hybridized carbons (Fsp3) is 0.280. The average molecular weight is 484 g/mol. The van der Waals surface area contributed by atoms with Crippen molar-refractivity contribution in [3.63, 3.8) is 0 Å². The highest BCUT2D eigenvalue weighted by atomic mass is 35.5. The Labute approximate surface area is 204 Å². The van der Waals surface area contributed by atoms with Gasteiger partial charge >= 0.3 is 0 Å². The largest absolute Gasteiger partial charge is 0.446 e. The van der Waals surface area contributed by atoms with Crippen LogP contribution in [0, 0.1) is 31.6 Å². The molecule has 4 N–H and O–H groups in total. The molecular formula is C25H30ClN5O3. The molecule has 1 heterocycles. The van der Waals surface area contributed by atoms with Crippen LogP contribution in [-0.4, -0.2) is 40.7 Å². The average Bonchev–Trinajstić information content (AvgIpc) is 3.10. The van der Waals surface area contributed by atoms with Crippen LogP contribution in [0.3, 0.4) is 0 Å². The van der Waals surface area contributed by atoms with E-state index in [1.807, 2.05) is 18.2 Å². The SMILES string of the molecule is Cc1ccccc1.Cc1nc(CN(C)C(=O)c2ccc(Cl)c(C(=N)OC(=N)C(C)N)c2)c(C)o1. The third-order valence-corrected chi connectivity index (χ3v) is 5.09. The normalized spacial score (nSPS) is 11.1. The quantitative estimate of drug-likeness (QED) is 0.352. The first-order chi connectivity index (χ1) is 16.0. The Balaban J connectivity index is 0.000000497. The Bertz CT molecular complexity index is 1160. The lowest BCUT2D eigenvalue weighted by Crippen LogP contribution is -2.30. The second-order valence-electron chi connectivity index (χ2n) is 7.83. The molecule has 3 rings (SSSR count). The van der Waals surface area contributed by atoms with Gasteiger partial charge in [0.1, 0.15) is 11.5 Å². The summed E-state index contributed by atoms with van der Waals surface area (Å²) in [5.41, 5.74) is 8.09. The predicted molar refractivity (Wildman–Crippen MR) is 134 cm³/mol. The van der Waals surface area contributed by atoms with Crippen LogP contribution in [0.2, 0.25) is 5.02 Å². The number of nitrogens with two attached hydrogens (primary N) is 1. The highest BCUT2D eigenvalue weighted by Gasteiger charge is 2.19. The number of hydrogen-bond donors (Lipinski definition) is 3. The number of rotatable bonds is 5. The number of hydrogen-bond acceptors (Lipinski definition) is 7. The number of benzene rings is 2. The second-order valence-corrected chi connectivity index (χ2v) is 8.24. The van der Waals surface area contributed by atoms with Crippen molar-refractivity contribution in [3.05, 3.63) is 87.6 Å². The van der Waals surface area contributed by atoms with Gasteiger partial charge in [-0.2, -0.15) is 0 Å². The maximum Gasteiger partial charge on any atom is 0.253 e. The van der Waals surface area contributed by atoms with Gasteiger partial charge in [-0.25, -0.2) is 4.98 Å². The van der Waals surface area contributed by atoms with Crippen LogP contribution in [0.25, 0.3) is 0 Å². The Hall–Kier alpha value is -3.49. The van der Waals surface area contributed by atoms with Crippen molar-refractivity contribution in [2.75, 3.05) is 7.05 Å². The highest BCUT2D eigenvalue weighted by molar-refractivity contribution is 6.34. The van der Waals surface area contributed by atoms with E-state index in [-0.39, 0.29) is 34.8 Å². The lowest BCUT2D eigenvalue weighted by molar-refractivity contribution is 0.0783. The van der Waals surface area contributed by atoms with Crippen molar-refractivity contribution in [1.82, 2.24) is 9.88 Å². The summed E-state index contributed by atoms with van der Waals surface area (Å²) in [7, 11) is 1.65. The first-order valence-corrected chi connectivity index (χ1v) is 11.0. The molecule has 1 atom stereocenters. The highest BCUT2D eigenvalue weighted by Crippen LogP contribution is 2.21. The molecule has 0 saturated heterocycles. The van der Waals surface area contributed by atoms with Gasteiger partial charge in [0.25, 0.3) is 5.91 Å². The monoisotopic (exact) mass is 483 g/mol. The van der Waals surface area contributed by atoms with Crippen LogP contribution in [0.5, 0.6) is 0 Å². The van der Waals surface area contributed by atoms with Crippen LogP contribution >= 0.6 is 11.6 Å². The van der Waals surface area contributed by atoms with Gasteiger partial charge in [-0.05, 0) is 39.0 Å². The van der Waals surface area contributed by atoms with Crippen molar-refractivity contribution < 1.29 is 13.9 Å². The summed E-state index contributed by atoms with van der Waals surface area (Å²) in [6.07, 6.45) is 0. The number of oxazole rings is 1. The molecule has 0 aliphatic carbocycles.